The van der Waals surface area contributed by atoms with Gasteiger partial charge in [0.05, 0.1) is 14.2 Å². The molecule has 0 bridgehead atoms. The first-order valence-electron chi connectivity index (χ1n) is 9.64. The van der Waals surface area contributed by atoms with Crippen molar-refractivity contribution in [2.45, 2.75) is 6.54 Å². The van der Waals surface area contributed by atoms with Crippen LogP contribution in [-0.4, -0.2) is 41.9 Å². The number of hydrogen-bond acceptors (Lipinski definition) is 6. The molecule has 0 aliphatic rings. The lowest BCUT2D eigenvalue weighted by molar-refractivity contribution is -0.118. The highest BCUT2D eigenvalue weighted by Crippen LogP contribution is 2.32. The molecule has 0 spiro atoms. The van der Waals surface area contributed by atoms with Crippen LogP contribution in [0.4, 0.5) is 5.69 Å². The van der Waals surface area contributed by atoms with Crippen LogP contribution in [-0.2, 0) is 11.3 Å². The number of amides is 1. The van der Waals surface area contributed by atoms with Gasteiger partial charge in [0.2, 0.25) is 11.7 Å². The minimum absolute atomic E-state index is 0.0664. The van der Waals surface area contributed by atoms with E-state index in [0.29, 0.717) is 28.9 Å². The summed E-state index contributed by atoms with van der Waals surface area (Å²) >= 11 is 0. The molecule has 31 heavy (non-hydrogen) atoms. The molecule has 2 aromatic heterocycles. The van der Waals surface area contributed by atoms with Crippen molar-refractivity contribution in [1.82, 2.24) is 14.7 Å². The third-order valence-electron chi connectivity index (χ3n) is 4.94. The molecule has 0 radical (unpaired) electrons. The molecule has 1 amide bonds. The van der Waals surface area contributed by atoms with Gasteiger partial charge in [-0.15, -0.1) is 0 Å². The molecule has 8 heteroatoms. The van der Waals surface area contributed by atoms with Crippen molar-refractivity contribution in [1.29, 1.82) is 0 Å². The third kappa shape index (κ3) is 4.13. The average Bonchev–Trinajstić information content (AvgIpc) is 3.48. The molecule has 0 saturated heterocycles. The van der Waals surface area contributed by atoms with Gasteiger partial charge in [-0.25, -0.2) is 0 Å². The minimum Gasteiger partial charge on any atom is -0.493 e. The van der Waals surface area contributed by atoms with E-state index in [-0.39, 0.29) is 12.5 Å². The number of ether oxygens (including phenoxy) is 2. The van der Waals surface area contributed by atoms with Gasteiger partial charge in [0.1, 0.15) is 12.2 Å². The first-order valence-corrected chi connectivity index (χ1v) is 9.64. The Morgan fingerprint density at radius 2 is 1.81 bits per heavy atom. The number of benzene rings is 2. The number of aromatic nitrogens is 3. The van der Waals surface area contributed by atoms with Crippen molar-refractivity contribution >= 4 is 11.6 Å². The summed E-state index contributed by atoms with van der Waals surface area (Å²) in [6.45, 7) is 0.141. The maximum Gasteiger partial charge on any atom is 0.274 e. The molecule has 4 aromatic rings. The first-order chi connectivity index (χ1) is 15.1. The fraction of sp³-hybridized carbons (Fsp3) is 0.174. The third-order valence-corrected chi connectivity index (χ3v) is 4.94. The van der Waals surface area contributed by atoms with Gasteiger partial charge in [-0.2, -0.15) is 4.98 Å². The first kappa shape index (κ1) is 20.2. The number of rotatable bonds is 7. The van der Waals surface area contributed by atoms with E-state index in [2.05, 4.69) is 10.1 Å². The Labute approximate surface area is 179 Å². The predicted molar refractivity (Wildman–Crippen MR) is 116 cm³/mol. The quantitative estimate of drug-likeness (QED) is 0.453. The molecule has 2 aromatic carbocycles. The van der Waals surface area contributed by atoms with E-state index < -0.39 is 0 Å². The molecule has 0 unspecified atom stereocenters. The lowest BCUT2D eigenvalue weighted by Crippen LogP contribution is -2.29. The van der Waals surface area contributed by atoms with E-state index in [1.54, 1.807) is 42.9 Å². The zero-order valence-electron chi connectivity index (χ0n) is 17.5. The van der Waals surface area contributed by atoms with Gasteiger partial charge in [-0.05, 0) is 42.5 Å². The largest absolute Gasteiger partial charge is 0.493 e. The molecule has 4 rings (SSSR count). The van der Waals surface area contributed by atoms with Crippen molar-refractivity contribution in [2.75, 3.05) is 26.2 Å². The van der Waals surface area contributed by atoms with Crippen molar-refractivity contribution < 1.29 is 18.8 Å². The van der Waals surface area contributed by atoms with Crippen LogP contribution >= 0.6 is 0 Å². The maximum absolute atomic E-state index is 12.8. The van der Waals surface area contributed by atoms with E-state index in [1.165, 1.54) is 0 Å². The fourth-order valence-electron chi connectivity index (χ4n) is 3.21. The fourth-order valence-corrected chi connectivity index (χ4v) is 3.21. The lowest BCUT2D eigenvalue weighted by atomic mass is 10.2. The second kappa shape index (κ2) is 8.74. The summed E-state index contributed by atoms with van der Waals surface area (Å²) in [5.74, 6) is 1.86. The van der Waals surface area contributed by atoms with Gasteiger partial charge >= 0.3 is 0 Å². The SMILES string of the molecule is COc1ccc(-c2noc(-c3cccn3CC(=O)N(C)c3ccccc3)n2)cc1OC. The number of methoxy groups -OCH3 is 2. The highest BCUT2D eigenvalue weighted by Gasteiger charge is 2.18. The van der Waals surface area contributed by atoms with Crippen LogP contribution in [0.3, 0.4) is 0 Å². The standard InChI is InChI=1S/C23H22N4O4/c1-26(17-8-5-4-6-9-17)21(28)15-27-13-7-10-18(27)23-24-22(25-31-23)16-11-12-19(29-2)20(14-16)30-3/h4-14H,15H2,1-3H3. The molecule has 158 valence electrons. The monoisotopic (exact) mass is 418 g/mol. The normalized spacial score (nSPS) is 10.7. The second-order valence-electron chi connectivity index (χ2n) is 6.80. The van der Waals surface area contributed by atoms with Gasteiger partial charge in [-0.3, -0.25) is 4.79 Å². The van der Waals surface area contributed by atoms with Crippen molar-refractivity contribution in [3.05, 3.63) is 66.9 Å². The Morgan fingerprint density at radius 1 is 1.03 bits per heavy atom. The lowest BCUT2D eigenvalue weighted by Gasteiger charge is -2.18. The van der Waals surface area contributed by atoms with Gasteiger partial charge in [0.15, 0.2) is 11.5 Å². The number of carbonyl (C=O) groups excluding carboxylic acids is 1. The summed E-state index contributed by atoms with van der Waals surface area (Å²) in [5, 5.41) is 4.09. The number of nitrogens with zero attached hydrogens (tertiary/aromatic N) is 4. The van der Waals surface area contributed by atoms with Gasteiger partial charge in [0, 0.05) is 24.5 Å². The van der Waals surface area contributed by atoms with Crippen molar-refractivity contribution in [3.63, 3.8) is 0 Å². The highest BCUT2D eigenvalue weighted by molar-refractivity contribution is 5.92. The second-order valence-corrected chi connectivity index (χ2v) is 6.80. The Bertz CT molecular complexity index is 1180. The van der Waals surface area contributed by atoms with E-state index in [0.717, 1.165) is 11.3 Å². The molecule has 2 heterocycles. The summed E-state index contributed by atoms with van der Waals surface area (Å²) in [4.78, 5) is 18.9. The summed E-state index contributed by atoms with van der Waals surface area (Å²) in [5.41, 5.74) is 2.22. The molecule has 0 atom stereocenters. The average molecular weight is 418 g/mol. The number of carbonyl (C=O) groups is 1. The van der Waals surface area contributed by atoms with Crippen LogP contribution in [0.1, 0.15) is 0 Å². The number of para-hydroxylation sites is 1. The summed E-state index contributed by atoms with van der Waals surface area (Å²) in [6.07, 6.45) is 1.81. The summed E-state index contributed by atoms with van der Waals surface area (Å²) < 4.78 is 17.9. The van der Waals surface area contributed by atoms with Crippen molar-refractivity contribution in [3.8, 4) is 34.5 Å². The number of hydrogen-bond donors (Lipinski definition) is 0. The summed E-state index contributed by atoms with van der Waals surface area (Å²) in [7, 11) is 4.90. The minimum atomic E-state index is -0.0664. The Balaban J connectivity index is 1.56. The number of likely N-dealkylation sites (N-methyl/N-ethyl adjacent to an activating group) is 1. The predicted octanol–water partition coefficient (Wildman–Crippen LogP) is 3.89. The molecule has 0 aliphatic heterocycles. The van der Waals surface area contributed by atoms with E-state index in [4.69, 9.17) is 14.0 Å². The van der Waals surface area contributed by atoms with Gasteiger partial charge in [0.25, 0.3) is 5.89 Å². The smallest absolute Gasteiger partial charge is 0.274 e. The zero-order chi connectivity index (χ0) is 21.8. The topological polar surface area (TPSA) is 82.6 Å². The Morgan fingerprint density at radius 3 is 2.55 bits per heavy atom. The van der Waals surface area contributed by atoms with Gasteiger partial charge < -0.3 is 23.5 Å². The maximum atomic E-state index is 12.8. The van der Waals surface area contributed by atoms with Crippen LogP contribution in [0.25, 0.3) is 23.0 Å². The molecular formula is C23H22N4O4. The number of anilines is 1. The molecule has 0 fully saturated rings. The molecular weight excluding hydrogens is 396 g/mol. The van der Waals surface area contributed by atoms with Crippen LogP contribution in [0.5, 0.6) is 11.5 Å². The molecule has 0 N–H and O–H groups in total. The van der Waals surface area contributed by atoms with Crippen LogP contribution in [0.2, 0.25) is 0 Å². The Hall–Kier alpha value is -4.07. The van der Waals surface area contributed by atoms with E-state index in [1.807, 2.05) is 54.7 Å². The molecule has 8 nitrogen and oxygen atoms in total. The molecule has 0 saturated carbocycles. The van der Waals surface area contributed by atoms with Crippen LogP contribution < -0.4 is 14.4 Å². The van der Waals surface area contributed by atoms with Crippen LogP contribution in [0, 0.1) is 0 Å². The highest BCUT2D eigenvalue weighted by atomic mass is 16.5. The Kier molecular flexibility index (Phi) is 5.70. The van der Waals surface area contributed by atoms with Crippen molar-refractivity contribution in [2.24, 2.45) is 0 Å². The molecule has 0 aliphatic carbocycles. The van der Waals surface area contributed by atoms with Gasteiger partial charge in [-0.1, -0.05) is 23.4 Å². The van der Waals surface area contributed by atoms with E-state index >= 15 is 0 Å². The van der Waals surface area contributed by atoms with Crippen LogP contribution in [0.15, 0.2) is 71.4 Å². The summed E-state index contributed by atoms with van der Waals surface area (Å²) in [6, 6.07) is 18.6. The zero-order valence-corrected chi connectivity index (χ0v) is 17.5. The van der Waals surface area contributed by atoms with E-state index in [9.17, 15) is 4.79 Å².